The molecule has 0 radical (unpaired) electrons. The highest BCUT2D eigenvalue weighted by atomic mass is 16.5. The molecule has 0 bridgehead atoms. The van der Waals surface area contributed by atoms with Gasteiger partial charge in [-0.25, -0.2) is 4.98 Å². The number of phenols is 1. The summed E-state index contributed by atoms with van der Waals surface area (Å²) in [4.78, 5) is 16.5. The number of nitrogens with zero attached hydrogens (tertiary/aromatic N) is 1. The second-order valence-corrected chi connectivity index (χ2v) is 7.46. The Morgan fingerprint density at radius 2 is 1.73 bits per heavy atom. The highest BCUT2D eigenvalue weighted by Gasteiger charge is 2.14. The SMILES string of the molecule is COc1cc(-c2ccc(-c3cccc(O)c3)nc2NC(C)=O)ccc1OCc1ccccc1. The molecule has 1 amide bonds. The lowest BCUT2D eigenvalue weighted by Crippen LogP contribution is -2.09. The Bertz CT molecular complexity index is 1270. The number of anilines is 1. The molecule has 1 aromatic heterocycles. The van der Waals surface area contributed by atoms with Crippen LogP contribution in [0, 0.1) is 0 Å². The fraction of sp³-hybridized carbons (Fsp3) is 0.111. The number of pyridine rings is 1. The van der Waals surface area contributed by atoms with E-state index in [-0.39, 0.29) is 11.7 Å². The largest absolute Gasteiger partial charge is 0.508 e. The van der Waals surface area contributed by atoms with Gasteiger partial charge < -0.3 is 19.9 Å². The fourth-order valence-electron chi connectivity index (χ4n) is 3.47. The topological polar surface area (TPSA) is 80.7 Å². The van der Waals surface area contributed by atoms with E-state index in [1.54, 1.807) is 25.3 Å². The maximum atomic E-state index is 11.9. The molecule has 6 heteroatoms. The lowest BCUT2D eigenvalue weighted by Gasteiger charge is -2.15. The third-order valence-corrected chi connectivity index (χ3v) is 5.04. The summed E-state index contributed by atoms with van der Waals surface area (Å²) in [6.07, 6.45) is 0. The van der Waals surface area contributed by atoms with Gasteiger partial charge in [0, 0.05) is 18.1 Å². The molecule has 0 aliphatic heterocycles. The van der Waals surface area contributed by atoms with Crippen LogP contribution in [0.1, 0.15) is 12.5 Å². The van der Waals surface area contributed by atoms with Crippen molar-refractivity contribution in [2.45, 2.75) is 13.5 Å². The molecule has 4 aromatic rings. The Morgan fingerprint density at radius 1 is 0.909 bits per heavy atom. The highest BCUT2D eigenvalue weighted by molar-refractivity contribution is 5.93. The monoisotopic (exact) mass is 440 g/mol. The summed E-state index contributed by atoms with van der Waals surface area (Å²) in [5, 5.41) is 12.6. The molecule has 0 atom stereocenters. The standard InChI is InChI=1S/C27H24N2O4/c1-18(30)28-27-23(12-13-24(29-27)21-9-6-10-22(31)15-21)20-11-14-25(26(16-20)32-2)33-17-19-7-4-3-5-8-19/h3-16,31H,17H2,1-2H3,(H,28,29,30). The molecule has 6 nitrogen and oxygen atoms in total. The maximum Gasteiger partial charge on any atom is 0.222 e. The van der Waals surface area contributed by atoms with Gasteiger partial charge >= 0.3 is 0 Å². The number of carbonyl (C=O) groups is 1. The summed E-state index contributed by atoms with van der Waals surface area (Å²) in [6, 6.07) is 26.1. The summed E-state index contributed by atoms with van der Waals surface area (Å²) in [5.41, 5.74) is 3.99. The van der Waals surface area contributed by atoms with Crippen molar-refractivity contribution in [2.24, 2.45) is 0 Å². The van der Waals surface area contributed by atoms with E-state index < -0.39 is 0 Å². The van der Waals surface area contributed by atoms with E-state index in [0.29, 0.717) is 29.6 Å². The molecule has 0 saturated carbocycles. The van der Waals surface area contributed by atoms with Crippen LogP contribution in [-0.4, -0.2) is 23.1 Å². The first-order chi connectivity index (χ1) is 16.0. The van der Waals surface area contributed by atoms with E-state index >= 15 is 0 Å². The summed E-state index contributed by atoms with van der Waals surface area (Å²) in [5.74, 6) is 1.54. The number of benzene rings is 3. The number of hydrogen-bond acceptors (Lipinski definition) is 5. The Balaban J connectivity index is 1.67. The van der Waals surface area contributed by atoms with Crippen molar-refractivity contribution in [3.63, 3.8) is 0 Å². The number of amides is 1. The third-order valence-electron chi connectivity index (χ3n) is 5.04. The van der Waals surface area contributed by atoms with Crippen molar-refractivity contribution in [3.8, 4) is 39.6 Å². The Kier molecular flexibility index (Phi) is 6.55. The van der Waals surface area contributed by atoms with Crippen LogP contribution < -0.4 is 14.8 Å². The number of phenolic OH excluding ortho intramolecular Hbond substituents is 1. The van der Waals surface area contributed by atoms with E-state index in [1.807, 2.05) is 66.7 Å². The fourth-order valence-corrected chi connectivity index (χ4v) is 3.47. The average molecular weight is 440 g/mol. The maximum absolute atomic E-state index is 11.9. The highest BCUT2D eigenvalue weighted by Crippen LogP contribution is 2.36. The van der Waals surface area contributed by atoms with Crippen LogP contribution in [0.2, 0.25) is 0 Å². The van der Waals surface area contributed by atoms with Crippen LogP contribution >= 0.6 is 0 Å². The Labute approximate surface area is 192 Å². The molecule has 0 aliphatic rings. The summed E-state index contributed by atoms with van der Waals surface area (Å²) in [6.45, 7) is 1.86. The predicted octanol–water partition coefficient (Wildman–Crippen LogP) is 5.67. The van der Waals surface area contributed by atoms with Gasteiger partial charge in [0.15, 0.2) is 11.5 Å². The van der Waals surface area contributed by atoms with Gasteiger partial charge in [0.25, 0.3) is 0 Å². The van der Waals surface area contributed by atoms with Crippen molar-refractivity contribution >= 4 is 11.7 Å². The molecular weight excluding hydrogens is 416 g/mol. The molecule has 0 fully saturated rings. The van der Waals surface area contributed by atoms with Crippen LogP contribution in [0.3, 0.4) is 0 Å². The van der Waals surface area contributed by atoms with Crippen molar-refractivity contribution in [1.82, 2.24) is 4.98 Å². The number of hydrogen-bond donors (Lipinski definition) is 2. The Morgan fingerprint density at radius 3 is 2.45 bits per heavy atom. The number of methoxy groups -OCH3 is 1. The minimum absolute atomic E-state index is 0.148. The molecule has 166 valence electrons. The van der Waals surface area contributed by atoms with E-state index in [2.05, 4.69) is 10.3 Å². The summed E-state index contributed by atoms with van der Waals surface area (Å²) < 4.78 is 11.5. The average Bonchev–Trinajstić information content (AvgIpc) is 2.83. The van der Waals surface area contributed by atoms with Crippen LogP contribution in [0.5, 0.6) is 17.2 Å². The molecule has 3 aromatic carbocycles. The van der Waals surface area contributed by atoms with Crippen molar-refractivity contribution in [2.75, 3.05) is 12.4 Å². The van der Waals surface area contributed by atoms with Gasteiger partial charge in [0.2, 0.25) is 5.91 Å². The molecule has 2 N–H and O–H groups in total. The second kappa shape index (κ2) is 9.87. The van der Waals surface area contributed by atoms with Crippen LogP contribution in [-0.2, 0) is 11.4 Å². The number of aromatic nitrogens is 1. The van der Waals surface area contributed by atoms with Crippen LogP contribution in [0.15, 0.2) is 84.9 Å². The molecule has 0 saturated heterocycles. The zero-order chi connectivity index (χ0) is 23.2. The van der Waals surface area contributed by atoms with Crippen LogP contribution in [0.4, 0.5) is 5.82 Å². The summed E-state index contributed by atoms with van der Waals surface area (Å²) in [7, 11) is 1.59. The van der Waals surface area contributed by atoms with E-state index in [0.717, 1.165) is 22.3 Å². The van der Waals surface area contributed by atoms with Gasteiger partial charge in [0.05, 0.1) is 12.8 Å². The normalized spacial score (nSPS) is 10.5. The first-order valence-corrected chi connectivity index (χ1v) is 10.5. The van der Waals surface area contributed by atoms with E-state index in [9.17, 15) is 9.90 Å². The van der Waals surface area contributed by atoms with Gasteiger partial charge in [-0.1, -0.05) is 48.5 Å². The number of carbonyl (C=O) groups excluding carboxylic acids is 1. The summed E-state index contributed by atoms with van der Waals surface area (Å²) >= 11 is 0. The predicted molar refractivity (Wildman–Crippen MR) is 128 cm³/mol. The van der Waals surface area contributed by atoms with Gasteiger partial charge in [-0.05, 0) is 47.5 Å². The second-order valence-electron chi connectivity index (χ2n) is 7.46. The van der Waals surface area contributed by atoms with E-state index in [1.165, 1.54) is 6.92 Å². The van der Waals surface area contributed by atoms with Crippen molar-refractivity contribution in [1.29, 1.82) is 0 Å². The molecule has 4 rings (SSSR count). The van der Waals surface area contributed by atoms with Crippen molar-refractivity contribution in [3.05, 3.63) is 90.5 Å². The molecule has 33 heavy (non-hydrogen) atoms. The number of rotatable bonds is 7. The lowest BCUT2D eigenvalue weighted by atomic mass is 10.0. The van der Waals surface area contributed by atoms with Gasteiger partial charge in [-0.3, -0.25) is 4.79 Å². The first-order valence-electron chi connectivity index (χ1n) is 10.5. The number of aromatic hydroxyl groups is 1. The molecule has 0 unspecified atom stereocenters. The minimum Gasteiger partial charge on any atom is -0.508 e. The number of ether oxygens (including phenoxy) is 2. The third kappa shape index (κ3) is 5.30. The zero-order valence-corrected chi connectivity index (χ0v) is 18.4. The van der Waals surface area contributed by atoms with E-state index in [4.69, 9.17) is 9.47 Å². The van der Waals surface area contributed by atoms with Crippen LogP contribution in [0.25, 0.3) is 22.4 Å². The Hall–Kier alpha value is -4.32. The molecule has 0 aliphatic carbocycles. The molecule has 1 heterocycles. The van der Waals surface area contributed by atoms with Gasteiger partial charge in [0.1, 0.15) is 18.2 Å². The molecular formula is C27H24N2O4. The van der Waals surface area contributed by atoms with Crippen molar-refractivity contribution < 1.29 is 19.4 Å². The number of nitrogens with one attached hydrogen (secondary N) is 1. The van der Waals surface area contributed by atoms with Gasteiger partial charge in [-0.2, -0.15) is 0 Å². The van der Waals surface area contributed by atoms with Gasteiger partial charge in [-0.15, -0.1) is 0 Å². The minimum atomic E-state index is -0.230. The first kappa shape index (κ1) is 21.9. The molecule has 0 spiro atoms. The quantitative estimate of drug-likeness (QED) is 0.387. The lowest BCUT2D eigenvalue weighted by molar-refractivity contribution is -0.114. The zero-order valence-electron chi connectivity index (χ0n) is 18.4. The smallest absolute Gasteiger partial charge is 0.222 e.